The van der Waals surface area contributed by atoms with Crippen LogP contribution in [0.5, 0.6) is 0 Å². The molecule has 0 aromatic carbocycles. The Morgan fingerprint density at radius 1 is 1.47 bits per heavy atom. The Kier molecular flexibility index (Phi) is 5.09. The van der Waals surface area contributed by atoms with Crippen molar-refractivity contribution in [2.45, 2.75) is 45.6 Å². The normalized spacial score (nSPS) is 22.1. The number of likely N-dealkylation sites (tertiary alicyclic amines) is 1. The number of hydrogen-bond acceptors (Lipinski definition) is 2. The number of hydrogen-bond donors (Lipinski definition) is 1. The average molecular weight is 212 g/mol. The second-order valence-electron chi connectivity index (χ2n) is 4.89. The first-order chi connectivity index (χ1) is 7.15. The quantitative estimate of drug-likeness (QED) is 0.768. The van der Waals surface area contributed by atoms with Crippen molar-refractivity contribution in [3.8, 4) is 0 Å². The van der Waals surface area contributed by atoms with Crippen molar-refractivity contribution in [2.24, 2.45) is 5.92 Å². The van der Waals surface area contributed by atoms with E-state index in [1.54, 1.807) is 0 Å². The Bertz CT molecular complexity index is 202. The molecule has 0 bridgehead atoms. The molecule has 0 aromatic rings. The van der Waals surface area contributed by atoms with E-state index >= 15 is 0 Å². The van der Waals surface area contributed by atoms with Gasteiger partial charge in [-0.05, 0) is 32.2 Å². The third-order valence-electron chi connectivity index (χ3n) is 2.97. The molecule has 0 aliphatic carbocycles. The van der Waals surface area contributed by atoms with E-state index in [0.29, 0.717) is 24.3 Å². The zero-order valence-electron chi connectivity index (χ0n) is 10.3. The summed E-state index contributed by atoms with van der Waals surface area (Å²) >= 11 is 0. The van der Waals surface area contributed by atoms with E-state index in [1.165, 1.54) is 12.8 Å². The first kappa shape index (κ1) is 12.5. The van der Waals surface area contributed by atoms with Gasteiger partial charge in [-0.2, -0.15) is 0 Å². The maximum atomic E-state index is 12.0. The second-order valence-corrected chi connectivity index (χ2v) is 4.89. The van der Waals surface area contributed by atoms with Crippen molar-refractivity contribution in [2.75, 3.05) is 20.1 Å². The number of likely N-dealkylation sites (N-methyl/N-ethyl adjacent to an activating group) is 1. The molecule has 15 heavy (non-hydrogen) atoms. The van der Waals surface area contributed by atoms with Crippen LogP contribution in [0.1, 0.15) is 39.5 Å². The number of carbonyl (C=O) groups is 1. The van der Waals surface area contributed by atoms with Gasteiger partial charge in [-0.25, -0.2) is 0 Å². The minimum Gasteiger partial charge on any atom is -0.338 e. The van der Waals surface area contributed by atoms with Crippen LogP contribution in [0.15, 0.2) is 0 Å². The average Bonchev–Trinajstić information content (AvgIpc) is 2.18. The molecule has 1 heterocycles. The zero-order valence-corrected chi connectivity index (χ0v) is 10.3. The van der Waals surface area contributed by atoms with E-state index in [2.05, 4.69) is 24.1 Å². The topological polar surface area (TPSA) is 32.3 Å². The molecule has 1 N–H and O–H groups in total. The SMILES string of the molecule is CNCC1CCCCN1C(=O)CC(C)C. The lowest BCUT2D eigenvalue weighted by molar-refractivity contribution is -0.135. The number of rotatable bonds is 4. The Balaban J connectivity index is 2.51. The third-order valence-corrected chi connectivity index (χ3v) is 2.97. The molecule has 1 amide bonds. The van der Waals surface area contributed by atoms with E-state index in [1.807, 2.05) is 7.05 Å². The largest absolute Gasteiger partial charge is 0.338 e. The summed E-state index contributed by atoms with van der Waals surface area (Å²) in [6.45, 7) is 6.10. The highest BCUT2D eigenvalue weighted by atomic mass is 16.2. The highest BCUT2D eigenvalue weighted by molar-refractivity contribution is 5.76. The van der Waals surface area contributed by atoms with Crippen molar-refractivity contribution in [3.63, 3.8) is 0 Å². The number of piperidine rings is 1. The molecule has 1 aliphatic heterocycles. The Morgan fingerprint density at radius 3 is 2.80 bits per heavy atom. The fourth-order valence-corrected chi connectivity index (χ4v) is 2.24. The van der Waals surface area contributed by atoms with E-state index in [9.17, 15) is 4.79 Å². The van der Waals surface area contributed by atoms with Crippen molar-refractivity contribution >= 4 is 5.91 Å². The third kappa shape index (κ3) is 3.82. The summed E-state index contributed by atoms with van der Waals surface area (Å²) in [4.78, 5) is 14.1. The molecule has 88 valence electrons. The Morgan fingerprint density at radius 2 is 2.20 bits per heavy atom. The van der Waals surface area contributed by atoms with Gasteiger partial charge in [0.1, 0.15) is 0 Å². The molecule has 0 aromatic heterocycles. The van der Waals surface area contributed by atoms with Crippen LogP contribution in [0.25, 0.3) is 0 Å². The highest BCUT2D eigenvalue weighted by Crippen LogP contribution is 2.18. The van der Waals surface area contributed by atoms with E-state index < -0.39 is 0 Å². The van der Waals surface area contributed by atoms with Gasteiger partial charge in [-0.15, -0.1) is 0 Å². The smallest absolute Gasteiger partial charge is 0.223 e. The fourth-order valence-electron chi connectivity index (χ4n) is 2.24. The Hall–Kier alpha value is -0.570. The zero-order chi connectivity index (χ0) is 11.3. The summed E-state index contributed by atoms with van der Waals surface area (Å²) in [6, 6.07) is 0.426. The molecular weight excluding hydrogens is 188 g/mol. The van der Waals surface area contributed by atoms with Gasteiger partial charge in [0.25, 0.3) is 0 Å². The van der Waals surface area contributed by atoms with Crippen molar-refractivity contribution < 1.29 is 4.79 Å². The second kappa shape index (κ2) is 6.11. The maximum absolute atomic E-state index is 12.0. The number of carbonyl (C=O) groups excluding carboxylic acids is 1. The molecule has 1 atom stereocenters. The fraction of sp³-hybridized carbons (Fsp3) is 0.917. The van der Waals surface area contributed by atoms with E-state index in [4.69, 9.17) is 0 Å². The lowest BCUT2D eigenvalue weighted by atomic mass is 10.00. The molecule has 3 heteroatoms. The summed E-state index contributed by atoms with van der Waals surface area (Å²) in [5, 5.41) is 3.18. The van der Waals surface area contributed by atoms with Crippen LogP contribution < -0.4 is 5.32 Å². The standard InChI is InChI=1S/C12H24N2O/c1-10(2)8-12(15)14-7-5-4-6-11(14)9-13-3/h10-11,13H,4-9H2,1-3H3. The minimum atomic E-state index is 0.338. The van der Waals surface area contributed by atoms with Crippen LogP contribution in [-0.4, -0.2) is 37.0 Å². The molecule has 1 rings (SSSR count). The van der Waals surface area contributed by atoms with Crippen LogP contribution in [0.3, 0.4) is 0 Å². The molecule has 0 radical (unpaired) electrons. The lowest BCUT2D eigenvalue weighted by Crippen LogP contribution is -2.48. The number of nitrogens with one attached hydrogen (secondary N) is 1. The van der Waals surface area contributed by atoms with Gasteiger partial charge in [0.2, 0.25) is 5.91 Å². The molecule has 1 fully saturated rings. The first-order valence-electron chi connectivity index (χ1n) is 6.09. The molecule has 1 aliphatic rings. The van der Waals surface area contributed by atoms with Crippen molar-refractivity contribution in [1.82, 2.24) is 10.2 Å². The Labute approximate surface area is 93.2 Å². The molecule has 1 saturated heterocycles. The lowest BCUT2D eigenvalue weighted by Gasteiger charge is -2.36. The van der Waals surface area contributed by atoms with Crippen LogP contribution >= 0.6 is 0 Å². The van der Waals surface area contributed by atoms with Crippen molar-refractivity contribution in [1.29, 1.82) is 0 Å². The summed E-state index contributed by atoms with van der Waals surface area (Å²) in [5.74, 6) is 0.805. The maximum Gasteiger partial charge on any atom is 0.223 e. The molecule has 0 spiro atoms. The highest BCUT2D eigenvalue weighted by Gasteiger charge is 2.25. The summed E-state index contributed by atoms with van der Waals surface area (Å²) in [5.41, 5.74) is 0. The van der Waals surface area contributed by atoms with Crippen LogP contribution in [0.4, 0.5) is 0 Å². The van der Waals surface area contributed by atoms with Crippen LogP contribution in [0.2, 0.25) is 0 Å². The van der Waals surface area contributed by atoms with E-state index in [-0.39, 0.29) is 0 Å². The van der Waals surface area contributed by atoms with Crippen molar-refractivity contribution in [3.05, 3.63) is 0 Å². The predicted molar refractivity (Wildman–Crippen MR) is 62.7 cm³/mol. The summed E-state index contributed by atoms with van der Waals surface area (Å²) in [6.07, 6.45) is 4.28. The summed E-state index contributed by atoms with van der Waals surface area (Å²) in [7, 11) is 1.96. The van der Waals surface area contributed by atoms with Gasteiger partial charge in [0.15, 0.2) is 0 Å². The molecule has 3 nitrogen and oxygen atoms in total. The molecule has 0 saturated carbocycles. The van der Waals surface area contributed by atoms with Gasteiger partial charge >= 0.3 is 0 Å². The molecular formula is C12H24N2O. The van der Waals surface area contributed by atoms with Gasteiger partial charge < -0.3 is 10.2 Å². The number of amides is 1. The number of nitrogens with zero attached hydrogens (tertiary/aromatic N) is 1. The van der Waals surface area contributed by atoms with Gasteiger partial charge in [-0.1, -0.05) is 13.8 Å². The first-order valence-corrected chi connectivity index (χ1v) is 6.09. The van der Waals surface area contributed by atoms with E-state index in [0.717, 1.165) is 19.5 Å². The monoisotopic (exact) mass is 212 g/mol. The predicted octanol–water partition coefficient (Wildman–Crippen LogP) is 1.63. The van der Waals surface area contributed by atoms with Gasteiger partial charge in [0, 0.05) is 25.6 Å². The van der Waals surface area contributed by atoms with Gasteiger partial charge in [-0.3, -0.25) is 4.79 Å². The van der Waals surface area contributed by atoms with Crippen LogP contribution in [-0.2, 0) is 4.79 Å². The minimum absolute atomic E-state index is 0.338. The van der Waals surface area contributed by atoms with Crippen LogP contribution in [0, 0.1) is 5.92 Å². The summed E-state index contributed by atoms with van der Waals surface area (Å²) < 4.78 is 0. The van der Waals surface area contributed by atoms with Gasteiger partial charge in [0.05, 0.1) is 0 Å². The molecule has 1 unspecified atom stereocenters.